The maximum Gasteiger partial charge on any atom is 0.429 e. The van der Waals surface area contributed by atoms with Gasteiger partial charge in [0.2, 0.25) is 0 Å². The van der Waals surface area contributed by atoms with Crippen molar-refractivity contribution in [2.45, 2.75) is 32.8 Å². The molecule has 1 aliphatic heterocycles. The lowest BCUT2D eigenvalue weighted by atomic mass is 10.2. The number of aromatic amines is 1. The van der Waals surface area contributed by atoms with Crippen molar-refractivity contribution in [1.29, 1.82) is 0 Å². The number of hydrogen-bond acceptors (Lipinski definition) is 3. The Morgan fingerprint density at radius 2 is 1.83 bits per heavy atom. The summed E-state index contributed by atoms with van der Waals surface area (Å²) in [6.45, 7) is 6.43. The van der Waals surface area contributed by atoms with Crippen LogP contribution < -0.4 is 0 Å². The molecule has 6 nitrogen and oxygen atoms in total. The smallest absolute Gasteiger partial charge is 0.429 e. The molecule has 0 spiro atoms. The fourth-order valence-electron chi connectivity index (χ4n) is 2.65. The van der Waals surface area contributed by atoms with E-state index in [-0.39, 0.29) is 5.91 Å². The van der Waals surface area contributed by atoms with Crippen LogP contribution in [0.3, 0.4) is 0 Å². The van der Waals surface area contributed by atoms with Crippen LogP contribution in [0.1, 0.15) is 37.7 Å². The number of amides is 2. The summed E-state index contributed by atoms with van der Waals surface area (Å²) in [7, 11) is 0. The van der Waals surface area contributed by atoms with Gasteiger partial charge in [-0.2, -0.15) is 0 Å². The predicted octanol–water partition coefficient (Wildman–Crippen LogP) is 3.17. The minimum atomic E-state index is -0.588. The molecular weight excluding hydrogens is 294 g/mol. The van der Waals surface area contributed by atoms with Crippen LogP contribution in [0.5, 0.6) is 0 Å². The topological polar surface area (TPSA) is 65.6 Å². The number of carbonyl (C=O) groups excluding carboxylic acids is 2. The summed E-state index contributed by atoms with van der Waals surface area (Å²) in [6.07, 6.45) is 0.255. The zero-order chi connectivity index (χ0) is 16.6. The Labute approximate surface area is 135 Å². The molecule has 1 fully saturated rings. The average Bonchev–Trinajstić information content (AvgIpc) is 3.11. The van der Waals surface area contributed by atoms with Gasteiger partial charge in [-0.25, -0.2) is 14.8 Å². The van der Waals surface area contributed by atoms with E-state index in [4.69, 9.17) is 4.74 Å². The molecule has 2 amide bonds. The first-order valence-electron chi connectivity index (χ1n) is 7.75. The van der Waals surface area contributed by atoms with Crippen LogP contribution in [-0.2, 0) is 4.74 Å². The summed E-state index contributed by atoms with van der Waals surface area (Å²) in [5.74, 6) is -0.218. The summed E-state index contributed by atoms with van der Waals surface area (Å²) in [5, 5.41) is 3.82. The van der Waals surface area contributed by atoms with Gasteiger partial charge < -0.3 is 9.72 Å². The lowest BCUT2D eigenvalue weighted by Crippen LogP contribution is -2.47. The number of nitrogens with one attached hydrogen (secondary N) is 1. The standard InChI is InChI=1S/C17H21N3O3/c1-17(2,3)23-16(22)20-10-6-9-19(20)15(21)14-11-12-7-4-5-8-13(12)18-14/h4-5,7-8,11,18H,6,9-10H2,1-3H3. The molecule has 0 unspecified atom stereocenters. The number of fused-ring (bicyclic) bond motifs is 1. The number of rotatable bonds is 1. The van der Waals surface area contributed by atoms with Crippen molar-refractivity contribution in [1.82, 2.24) is 15.0 Å². The molecule has 0 aliphatic carbocycles. The van der Waals surface area contributed by atoms with Crippen LogP contribution in [0, 0.1) is 0 Å². The zero-order valence-electron chi connectivity index (χ0n) is 13.6. The first kappa shape index (κ1) is 15.4. The summed E-state index contributed by atoms with van der Waals surface area (Å²) >= 11 is 0. The average molecular weight is 315 g/mol. The third-order valence-electron chi connectivity index (χ3n) is 3.63. The monoisotopic (exact) mass is 315 g/mol. The summed E-state index contributed by atoms with van der Waals surface area (Å²) < 4.78 is 5.38. The molecule has 122 valence electrons. The van der Waals surface area contributed by atoms with Crippen LogP contribution in [0.25, 0.3) is 10.9 Å². The highest BCUT2D eigenvalue weighted by atomic mass is 16.6. The predicted molar refractivity (Wildman–Crippen MR) is 86.9 cm³/mol. The number of benzene rings is 1. The van der Waals surface area contributed by atoms with Crippen molar-refractivity contribution in [2.24, 2.45) is 0 Å². The summed E-state index contributed by atoms with van der Waals surface area (Å²) in [5.41, 5.74) is 0.788. The Kier molecular flexibility index (Phi) is 3.75. The highest BCUT2D eigenvalue weighted by Crippen LogP contribution is 2.21. The van der Waals surface area contributed by atoms with Crippen molar-refractivity contribution >= 4 is 22.9 Å². The number of hydrazine groups is 1. The molecule has 1 saturated heterocycles. The number of aromatic nitrogens is 1. The van der Waals surface area contributed by atoms with E-state index in [1.807, 2.05) is 51.1 Å². The van der Waals surface area contributed by atoms with Gasteiger partial charge in [0, 0.05) is 24.0 Å². The Morgan fingerprint density at radius 3 is 2.52 bits per heavy atom. The Morgan fingerprint density at radius 1 is 1.13 bits per heavy atom. The first-order chi connectivity index (χ1) is 10.8. The molecule has 2 aromatic rings. The molecule has 1 aromatic carbocycles. The van der Waals surface area contributed by atoms with Crippen molar-refractivity contribution in [3.8, 4) is 0 Å². The van der Waals surface area contributed by atoms with Gasteiger partial charge in [-0.3, -0.25) is 4.79 Å². The molecule has 1 aromatic heterocycles. The quantitative estimate of drug-likeness (QED) is 0.879. The second-order valence-electron chi connectivity index (χ2n) is 6.66. The number of H-pyrrole nitrogens is 1. The van der Waals surface area contributed by atoms with E-state index >= 15 is 0 Å². The van der Waals surface area contributed by atoms with E-state index in [0.717, 1.165) is 17.3 Å². The molecular formula is C17H21N3O3. The highest BCUT2D eigenvalue weighted by Gasteiger charge is 2.34. The molecule has 2 heterocycles. The molecule has 0 radical (unpaired) electrons. The lowest BCUT2D eigenvalue weighted by molar-refractivity contribution is -0.0195. The van der Waals surface area contributed by atoms with Gasteiger partial charge in [-0.1, -0.05) is 18.2 Å². The molecule has 0 saturated carbocycles. The van der Waals surface area contributed by atoms with Crippen molar-refractivity contribution in [3.63, 3.8) is 0 Å². The molecule has 6 heteroatoms. The van der Waals surface area contributed by atoms with Crippen molar-refractivity contribution in [3.05, 3.63) is 36.0 Å². The van der Waals surface area contributed by atoms with E-state index in [9.17, 15) is 9.59 Å². The number of para-hydroxylation sites is 1. The Bertz CT molecular complexity index is 712. The number of carbonyl (C=O) groups is 2. The number of ether oxygens (including phenoxy) is 1. The van der Waals surface area contributed by atoms with Crippen LogP contribution in [0.15, 0.2) is 30.3 Å². The second kappa shape index (κ2) is 5.61. The molecule has 23 heavy (non-hydrogen) atoms. The van der Waals surface area contributed by atoms with Gasteiger partial charge in [0.05, 0.1) is 0 Å². The fraction of sp³-hybridized carbons (Fsp3) is 0.412. The van der Waals surface area contributed by atoms with Crippen LogP contribution >= 0.6 is 0 Å². The van der Waals surface area contributed by atoms with E-state index < -0.39 is 11.7 Å². The van der Waals surface area contributed by atoms with Gasteiger partial charge in [0.25, 0.3) is 5.91 Å². The van der Waals surface area contributed by atoms with Gasteiger partial charge in [-0.15, -0.1) is 0 Å². The molecule has 0 atom stereocenters. The Hall–Kier alpha value is -2.50. The first-order valence-corrected chi connectivity index (χ1v) is 7.75. The van der Waals surface area contributed by atoms with Crippen LogP contribution in [0.4, 0.5) is 4.79 Å². The van der Waals surface area contributed by atoms with Gasteiger partial charge in [-0.05, 0) is 39.3 Å². The SMILES string of the molecule is CC(C)(C)OC(=O)N1CCCN1C(=O)c1cc2ccccc2[nH]1. The van der Waals surface area contributed by atoms with Gasteiger partial charge >= 0.3 is 6.09 Å². The highest BCUT2D eigenvalue weighted by molar-refractivity contribution is 5.98. The van der Waals surface area contributed by atoms with E-state index in [1.54, 1.807) is 0 Å². The lowest BCUT2D eigenvalue weighted by Gasteiger charge is -2.30. The molecule has 1 N–H and O–H groups in total. The largest absolute Gasteiger partial charge is 0.442 e. The third-order valence-corrected chi connectivity index (χ3v) is 3.63. The Balaban J connectivity index is 1.81. The third kappa shape index (κ3) is 3.16. The number of hydrogen-bond donors (Lipinski definition) is 1. The minimum absolute atomic E-state index is 0.218. The van der Waals surface area contributed by atoms with Crippen molar-refractivity contribution in [2.75, 3.05) is 13.1 Å². The van der Waals surface area contributed by atoms with E-state index in [2.05, 4.69) is 4.98 Å². The van der Waals surface area contributed by atoms with Gasteiger partial charge in [0.1, 0.15) is 11.3 Å². The summed E-state index contributed by atoms with van der Waals surface area (Å²) in [4.78, 5) is 28.1. The van der Waals surface area contributed by atoms with E-state index in [1.165, 1.54) is 10.0 Å². The van der Waals surface area contributed by atoms with Crippen LogP contribution in [0.2, 0.25) is 0 Å². The minimum Gasteiger partial charge on any atom is -0.442 e. The maximum absolute atomic E-state index is 12.7. The van der Waals surface area contributed by atoms with Crippen LogP contribution in [-0.4, -0.2) is 45.7 Å². The summed E-state index contributed by atoms with van der Waals surface area (Å²) in [6, 6.07) is 9.51. The van der Waals surface area contributed by atoms with E-state index in [0.29, 0.717) is 18.8 Å². The zero-order valence-corrected chi connectivity index (χ0v) is 13.6. The fourth-order valence-corrected chi connectivity index (χ4v) is 2.65. The molecule has 1 aliphatic rings. The van der Waals surface area contributed by atoms with Gasteiger partial charge in [0.15, 0.2) is 0 Å². The number of nitrogens with zero attached hydrogens (tertiary/aromatic N) is 2. The normalized spacial score (nSPS) is 15.3. The second-order valence-corrected chi connectivity index (χ2v) is 6.66. The van der Waals surface area contributed by atoms with Crippen molar-refractivity contribution < 1.29 is 14.3 Å². The maximum atomic E-state index is 12.7. The molecule has 0 bridgehead atoms. The molecule has 3 rings (SSSR count).